The van der Waals surface area contributed by atoms with Gasteiger partial charge in [0.05, 0.1) is 0 Å². The lowest BCUT2D eigenvalue weighted by atomic mass is 10.3. The zero-order chi connectivity index (χ0) is 12.6. The molecule has 1 fully saturated rings. The fraction of sp³-hybridized carbons (Fsp3) is 0.643. The van der Waals surface area contributed by atoms with Crippen LogP contribution < -0.4 is 5.32 Å². The maximum Gasteiger partial charge on any atom is 0.0312 e. The smallest absolute Gasteiger partial charge is 0.0312 e. The van der Waals surface area contributed by atoms with E-state index in [1.54, 1.807) is 0 Å². The minimum atomic E-state index is 0.919. The molecule has 1 saturated heterocycles. The van der Waals surface area contributed by atoms with Crippen LogP contribution >= 0.6 is 0 Å². The van der Waals surface area contributed by atoms with Crippen molar-refractivity contribution in [1.82, 2.24) is 20.1 Å². The van der Waals surface area contributed by atoms with Crippen molar-refractivity contribution in [3.8, 4) is 0 Å². The summed E-state index contributed by atoms with van der Waals surface area (Å²) < 4.78 is 0. The molecule has 0 atom stereocenters. The van der Waals surface area contributed by atoms with Crippen molar-refractivity contribution in [1.29, 1.82) is 0 Å². The topological polar surface area (TPSA) is 31.4 Å². The van der Waals surface area contributed by atoms with E-state index in [4.69, 9.17) is 0 Å². The third-order valence-electron chi connectivity index (χ3n) is 3.57. The Kier molecular flexibility index (Phi) is 5.58. The zero-order valence-corrected chi connectivity index (χ0v) is 11.3. The highest BCUT2D eigenvalue weighted by Crippen LogP contribution is 2.00. The molecule has 1 aromatic rings. The highest BCUT2D eigenvalue weighted by Gasteiger charge is 2.14. The van der Waals surface area contributed by atoms with Crippen molar-refractivity contribution in [2.45, 2.75) is 13.5 Å². The van der Waals surface area contributed by atoms with Crippen LogP contribution in [0, 0.1) is 0 Å². The monoisotopic (exact) mass is 248 g/mol. The summed E-state index contributed by atoms with van der Waals surface area (Å²) >= 11 is 0. The molecule has 2 heterocycles. The van der Waals surface area contributed by atoms with Crippen LogP contribution in [0.3, 0.4) is 0 Å². The number of pyridine rings is 1. The molecule has 1 aromatic heterocycles. The van der Waals surface area contributed by atoms with Gasteiger partial charge in [0.2, 0.25) is 0 Å². The molecule has 0 amide bonds. The molecule has 0 saturated carbocycles. The first-order chi connectivity index (χ1) is 8.88. The molecule has 1 aliphatic rings. The third kappa shape index (κ3) is 4.37. The average molecular weight is 248 g/mol. The summed E-state index contributed by atoms with van der Waals surface area (Å²) in [6, 6.07) is 4.10. The highest BCUT2D eigenvalue weighted by atomic mass is 15.3. The quantitative estimate of drug-likeness (QED) is 0.755. The van der Waals surface area contributed by atoms with Gasteiger partial charge in [-0.05, 0) is 18.2 Å². The van der Waals surface area contributed by atoms with Crippen molar-refractivity contribution < 1.29 is 0 Å². The molecule has 0 aliphatic carbocycles. The second kappa shape index (κ2) is 7.46. The van der Waals surface area contributed by atoms with Gasteiger partial charge in [-0.2, -0.15) is 0 Å². The van der Waals surface area contributed by atoms with Crippen LogP contribution in [-0.4, -0.2) is 60.6 Å². The molecular weight excluding hydrogens is 224 g/mol. The number of hydrogen-bond donors (Lipinski definition) is 1. The molecule has 4 heteroatoms. The first-order valence-electron chi connectivity index (χ1n) is 6.93. The molecule has 4 nitrogen and oxygen atoms in total. The van der Waals surface area contributed by atoms with Crippen LogP contribution in [0.4, 0.5) is 0 Å². The predicted molar refractivity (Wildman–Crippen MR) is 74.5 cm³/mol. The van der Waals surface area contributed by atoms with Gasteiger partial charge in [-0.3, -0.25) is 9.88 Å². The van der Waals surface area contributed by atoms with Crippen LogP contribution in [-0.2, 0) is 6.54 Å². The van der Waals surface area contributed by atoms with Crippen LogP contribution in [0.25, 0.3) is 0 Å². The Morgan fingerprint density at radius 3 is 2.67 bits per heavy atom. The third-order valence-corrected chi connectivity index (χ3v) is 3.57. The minimum absolute atomic E-state index is 0.919. The summed E-state index contributed by atoms with van der Waals surface area (Å²) in [7, 11) is 0. The molecule has 1 aliphatic heterocycles. The molecule has 0 radical (unpaired) electrons. The first-order valence-corrected chi connectivity index (χ1v) is 6.93. The SMILES string of the molecule is CCN1CCN(CCNCc2cccnc2)CC1. The normalized spacial score (nSPS) is 18.1. The van der Waals surface area contributed by atoms with E-state index in [2.05, 4.69) is 33.1 Å². The number of aromatic nitrogens is 1. The molecular formula is C14H24N4. The van der Waals surface area contributed by atoms with Gasteiger partial charge in [0.25, 0.3) is 0 Å². The van der Waals surface area contributed by atoms with Gasteiger partial charge in [-0.1, -0.05) is 13.0 Å². The maximum absolute atomic E-state index is 4.12. The summed E-state index contributed by atoms with van der Waals surface area (Å²) in [6.07, 6.45) is 3.74. The van der Waals surface area contributed by atoms with Gasteiger partial charge < -0.3 is 10.2 Å². The Morgan fingerprint density at radius 1 is 1.22 bits per heavy atom. The number of likely N-dealkylation sites (N-methyl/N-ethyl adjacent to an activating group) is 1. The fourth-order valence-corrected chi connectivity index (χ4v) is 2.30. The Morgan fingerprint density at radius 2 is 2.00 bits per heavy atom. The van der Waals surface area contributed by atoms with Gasteiger partial charge >= 0.3 is 0 Å². The molecule has 100 valence electrons. The molecule has 1 N–H and O–H groups in total. The molecule has 0 aromatic carbocycles. The highest BCUT2D eigenvalue weighted by molar-refractivity contribution is 5.07. The maximum atomic E-state index is 4.12. The lowest BCUT2D eigenvalue weighted by molar-refractivity contribution is 0.138. The standard InChI is InChI=1S/C14H24N4/c1-2-17-8-10-18(11-9-17)7-6-16-13-14-4-3-5-15-12-14/h3-5,12,16H,2,6-11,13H2,1H3. The summed E-state index contributed by atoms with van der Waals surface area (Å²) in [5.41, 5.74) is 1.26. The van der Waals surface area contributed by atoms with E-state index in [-0.39, 0.29) is 0 Å². The van der Waals surface area contributed by atoms with Crippen LogP contribution in [0.15, 0.2) is 24.5 Å². The number of nitrogens with one attached hydrogen (secondary N) is 1. The van der Waals surface area contributed by atoms with Crippen LogP contribution in [0.2, 0.25) is 0 Å². The first kappa shape index (κ1) is 13.5. The van der Waals surface area contributed by atoms with Gasteiger partial charge in [-0.15, -0.1) is 0 Å². The van der Waals surface area contributed by atoms with Gasteiger partial charge in [-0.25, -0.2) is 0 Å². The van der Waals surface area contributed by atoms with Crippen molar-refractivity contribution in [3.05, 3.63) is 30.1 Å². The number of hydrogen-bond acceptors (Lipinski definition) is 4. The average Bonchev–Trinajstić information content (AvgIpc) is 2.45. The largest absolute Gasteiger partial charge is 0.311 e. The lowest BCUT2D eigenvalue weighted by Crippen LogP contribution is -2.47. The Balaban J connectivity index is 1.56. The Labute approximate surface area is 110 Å². The number of rotatable bonds is 6. The van der Waals surface area contributed by atoms with Crippen molar-refractivity contribution in [2.75, 3.05) is 45.8 Å². The van der Waals surface area contributed by atoms with E-state index in [1.165, 1.54) is 38.3 Å². The van der Waals surface area contributed by atoms with Crippen molar-refractivity contribution in [3.63, 3.8) is 0 Å². The summed E-state index contributed by atoms with van der Waals surface area (Å²) in [6.45, 7) is 11.4. The van der Waals surface area contributed by atoms with E-state index in [0.717, 1.165) is 19.6 Å². The number of nitrogens with zero attached hydrogens (tertiary/aromatic N) is 3. The number of piperazine rings is 1. The van der Waals surface area contributed by atoms with E-state index in [1.807, 2.05) is 18.5 Å². The van der Waals surface area contributed by atoms with Gasteiger partial charge in [0.15, 0.2) is 0 Å². The van der Waals surface area contributed by atoms with E-state index in [0.29, 0.717) is 0 Å². The van der Waals surface area contributed by atoms with Gasteiger partial charge in [0.1, 0.15) is 0 Å². The second-order valence-electron chi connectivity index (χ2n) is 4.81. The molecule has 0 spiro atoms. The van der Waals surface area contributed by atoms with E-state index >= 15 is 0 Å². The predicted octanol–water partition coefficient (Wildman–Crippen LogP) is 0.809. The lowest BCUT2D eigenvalue weighted by Gasteiger charge is -2.34. The molecule has 0 unspecified atom stereocenters. The van der Waals surface area contributed by atoms with Crippen molar-refractivity contribution >= 4 is 0 Å². The minimum Gasteiger partial charge on any atom is -0.311 e. The molecule has 18 heavy (non-hydrogen) atoms. The summed E-state index contributed by atoms with van der Waals surface area (Å²) in [4.78, 5) is 9.17. The second-order valence-corrected chi connectivity index (χ2v) is 4.81. The van der Waals surface area contributed by atoms with E-state index < -0.39 is 0 Å². The molecule has 0 bridgehead atoms. The van der Waals surface area contributed by atoms with Crippen LogP contribution in [0.5, 0.6) is 0 Å². The summed E-state index contributed by atoms with van der Waals surface area (Å²) in [5, 5.41) is 3.48. The van der Waals surface area contributed by atoms with Crippen molar-refractivity contribution in [2.24, 2.45) is 0 Å². The van der Waals surface area contributed by atoms with Gasteiger partial charge in [0, 0.05) is 58.2 Å². The zero-order valence-electron chi connectivity index (χ0n) is 11.3. The Bertz CT molecular complexity index is 320. The van der Waals surface area contributed by atoms with Crippen LogP contribution in [0.1, 0.15) is 12.5 Å². The Hall–Kier alpha value is -0.970. The van der Waals surface area contributed by atoms with E-state index in [9.17, 15) is 0 Å². The fourth-order valence-electron chi connectivity index (χ4n) is 2.30. The summed E-state index contributed by atoms with van der Waals surface area (Å²) in [5.74, 6) is 0. The molecule has 2 rings (SSSR count).